The molecule has 0 atom stereocenters. The maximum atomic E-state index is 11.1. The zero-order valence-electron chi connectivity index (χ0n) is 13.4. The van der Waals surface area contributed by atoms with Crippen molar-refractivity contribution in [2.45, 2.75) is 64.2 Å². The molecule has 0 rings (SSSR count). The maximum Gasteiger partial charge on any atom is 0.306 e. The van der Waals surface area contributed by atoms with Crippen LogP contribution in [-0.4, -0.2) is 36.7 Å². The number of carbonyl (C=O) groups excluding carboxylic acids is 2. The van der Waals surface area contributed by atoms with Crippen molar-refractivity contribution in [3.63, 3.8) is 0 Å². The fourth-order valence-electron chi connectivity index (χ4n) is 1.96. The molecule has 0 saturated heterocycles. The lowest BCUT2D eigenvalue weighted by Gasteiger charge is -2.05. The van der Waals surface area contributed by atoms with Crippen LogP contribution in [0.15, 0.2) is 0 Å². The molecule has 0 radical (unpaired) electrons. The molecule has 0 aromatic rings. The van der Waals surface area contributed by atoms with Crippen LogP contribution in [0.25, 0.3) is 0 Å². The monoisotopic (exact) mass is 350 g/mol. The summed E-state index contributed by atoms with van der Waals surface area (Å²) >= 11 is 7.97. The van der Waals surface area contributed by atoms with E-state index in [2.05, 4.69) is 25.3 Å². The van der Waals surface area contributed by atoms with Crippen LogP contribution >= 0.6 is 25.3 Å². The molecule has 0 spiro atoms. The Morgan fingerprint density at radius 2 is 0.909 bits per heavy atom. The first-order chi connectivity index (χ1) is 10.7. The van der Waals surface area contributed by atoms with Gasteiger partial charge < -0.3 is 9.47 Å². The molecule has 0 aromatic carbocycles. The van der Waals surface area contributed by atoms with Gasteiger partial charge in [0.1, 0.15) is 0 Å². The van der Waals surface area contributed by atoms with Crippen molar-refractivity contribution in [2.24, 2.45) is 0 Å². The summed E-state index contributed by atoms with van der Waals surface area (Å²) in [4.78, 5) is 22.2. The number of hydrogen-bond donors (Lipinski definition) is 2. The molecule has 22 heavy (non-hydrogen) atoms. The molecule has 0 aliphatic carbocycles. The highest BCUT2D eigenvalue weighted by atomic mass is 32.1. The van der Waals surface area contributed by atoms with Crippen LogP contribution in [0.4, 0.5) is 0 Å². The Morgan fingerprint density at radius 1 is 0.591 bits per heavy atom. The average Bonchev–Trinajstić information content (AvgIpc) is 2.49. The minimum Gasteiger partial charge on any atom is -0.466 e. The van der Waals surface area contributed by atoms with Gasteiger partial charge in [0.2, 0.25) is 0 Å². The quantitative estimate of drug-likeness (QED) is 0.268. The van der Waals surface area contributed by atoms with Crippen molar-refractivity contribution in [2.75, 3.05) is 24.7 Å². The Bertz CT molecular complexity index is 257. The lowest BCUT2D eigenvalue weighted by atomic mass is 10.1. The van der Waals surface area contributed by atoms with E-state index in [0.717, 1.165) is 25.7 Å². The molecule has 0 bridgehead atoms. The highest BCUT2D eigenvalue weighted by molar-refractivity contribution is 7.80. The zero-order chi connectivity index (χ0) is 16.5. The molecule has 0 unspecified atom stereocenters. The van der Waals surface area contributed by atoms with E-state index >= 15 is 0 Å². The van der Waals surface area contributed by atoms with E-state index in [1.165, 1.54) is 25.7 Å². The third-order valence-electron chi connectivity index (χ3n) is 3.20. The first-order valence-electron chi connectivity index (χ1n) is 8.23. The summed E-state index contributed by atoms with van der Waals surface area (Å²) in [5.41, 5.74) is 0. The molecule has 0 aliphatic rings. The lowest BCUT2D eigenvalue weighted by molar-refractivity contribution is -0.144. The summed E-state index contributed by atoms with van der Waals surface area (Å²) in [5, 5.41) is 0. The number of thiol groups is 2. The van der Waals surface area contributed by atoms with Gasteiger partial charge in [-0.1, -0.05) is 38.5 Å². The summed E-state index contributed by atoms with van der Waals surface area (Å²) in [6.45, 7) is 1.06. The Labute approximate surface area is 145 Å². The van der Waals surface area contributed by atoms with E-state index in [9.17, 15) is 9.59 Å². The van der Waals surface area contributed by atoms with E-state index in [1.807, 2.05) is 0 Å². The normalized spacial score (nSPS) is 10.5. The van der Waals surface area contributed by atoms with Crippen molar-refractivity contribution in [1.82, 2.24) is 0 Å². The first-order valence-corrected chi connectivity index (χ1v) is 9.50. The average molecular weight is 351 g/mol. The molecule has 130 valence electrons. The third-order valence-corrected chi connectivity index (χ3v) is 3.64. The number of carbonyl (C=O) groups is 2. The van der Waals surface area contributed by atoms with Gasteiger partial charge in [0.25, 0.3) is 0 Å². The number of rotatable bonds is 15. The van der Waals surface area contributed by atoms with Crippen molar-refractivity contribution in [3.8, 4) is 0 Å². The predicted octanol–water partition coefficient (Wildman–Crippen LogP) is 3.83. The van der Waals surface area contributed by atoms with Crippen molar-refractivity contribution >= 4 is 37.2 Å². The molecule has 0 aromatic heterocycles. The highest BCUT2D eigenvalue weighted by Gasteiger charge is 2.01. The Morgan fingerprint density at radius 3 is 1.23 bits per heavy atom. The molecule has 0 fully saturated rings. The number of ether oxygens (including phenoxy) is 2. The second kappa shape index (κ2) is 17.0. The van der Waals surface area contributed by atoms with E-state index in [1.54, 1.807) is 0 Å². The fourth-order valence-corrected chi connectivity index (χ4v) is 2.33. The van der Waals surface area contributed by atoms with Crippen molar-refractivity contribution in [1.29, 1.82) is 0 Å². The van der Waals surface area contributed by atoms with Crippen LogP contribution in [0.5, 0.6) is 0 Å². The molecule has 0 N–H and O–H groups in total. The molecule has 0 heterocycles. The SMILES string of the molecule is O=C(CCS)OCCCCCCCCCCOC(=O)CCS. The summed E-state index contributed by atoms with van der Waals surface area (Å²) in [6, 6.07) is 0. The van der Waals surface area contributed by atoms with Crippen LogP contribution in [0, 0.1) is 0 Å². The molecule has 6 heteroatoms. The van der Waals surface area contributed by atoms with Gasteiger partial charge in [0.05, 0.1) is 26.1 Å². The van der Waals surface area contributed by atoms with Crippen LogP contribution < -0.4 is 0 Å². The van der Waals surface area contributed by atoms with Gasteiger partial charge in [-0.3, -0.25) is 9.59 Å². The Balaban J connectivity index is 3.11. The summed E-state index contributed by atoms with van der Waals surface area (Å²) in [6.07, 6.45) is 9.68. The first kappa shape index (κ1) is 21.6. The topological polar surface area (TPSA) is 52.6 Å². The third kappa shape index (κ3) is 16.0. The molecular formula is C16H30O4S2. The number of esters is 2. The van der Waals surface area contributed by atoms with Gasteiger partial charge in [0.15, 0.2) is 0 Å². The minimum atomic E-state index is -0.148. The molecule has 0 amide bonds. The zero-order valence-corrected chi connectivity index (χ0v) is 15.2. The summed E-state index contributed by atoms with van der Waals surface area (Å²) in [7, 11) is 0. The fraction of sp³-hybridized carbons (Fsp3) is 0.875. The molecular weight excluding hydrogens is 320 g/mol. The summed E-state index contributed by atoms with van der Waals surface area (Å²) < 4.78 is 10.1. The van der Waals surface area contributed by atoms with Crippen LogP contribution in [0.2, 0.25) is 0 Å². The van der Waals surface area contributed by atoms with Gasteiger partial charge in [-0.2, -0.15) is 25.3 Å². The highest BCUT2D eigenvalue weighted by Crippen LogP contribution is 2.09. The van der Waals surface area contributed by atoms with Crippen molar-refractivity contribution in [3.05, 3.63) is 0 Å². The predicted molar refractivity (Wildman–Crippen MR) is 95.8 cm³/mol. The lowest BCUT2D eigenvalue weighted by Crippen LogP contribution is -2.06. The van der Waals surface area contributed by atoms with Gasteiger partial charge in [-0.05, 0) is 12.8 Å². The van der Waals surface area contributed by atoms with Gasteiger partial charge >= 0.3 is 11.9 Å². The second-order valence-electron chi connectivity index (χ2n) is 5.22. The largest absolute Gasteiger partial charge is 0.466 e. The molecule has 4 nitrogen and oxygen atoms in total. The smallest absolute Gasteiger partial charge is 0.306 e. The number of unbranched alkanes of at least 4 members (excludes halogenated alkanes) is 7. The Kier molecular flexibility index (Phi) is 16.7. The van der Waals surface area contributed by atoms with Gasteiger partial charge in [-0.15, -0.1) is 0 Å². The van der Waals surface area contributed by atoms with Crippen LogP contribution in [-0.2, 0) is 19.1 Å². The van der Waals surface area contributed by atoms with Crippen LogP contribution in [0.1, 0.15) is 64.2 Å². The molecule has 0 saturated carbocycles. The number of hydrogen-bond acceptors (Lipinski definition) is 6. The second-order valence-corrected chi connectivity index (χ2v) is 6.11. The Hall–Kier alpha value is -0.360. The van der Waals surface area contributed by atoms with E-state index in [0.29, 0.717) is 37.6 Å². The van der Waals surface area contributed by atoms with Crippen LogP contribution in [0.3, 0.4) is 0 Å². The van der Waals surface area contributed by atoms with E-state index in [-0.39, 0.29) is 11.9 Å². The van der Waals surface area contributed by atoms with Gasteiger partial charge in [-0.25, -0.2) is 0 Å². The van der Waals surface area contributed by atoms with Crippen molar-refractivity contribution < 1.29 is 19.1 Å². The van der Waals surface area contributed by atoms with E-state index in [4.69, 9.17) is 9.47 Å². The maximum absolute atomic E-state index is 11.1. The molecule has 0 aliphatic heterocycles. The van der Waals surface area contributed by atoms with Gasteiger partial charge in [0, 0.05) is 11.5 Å². The van der Waals surface area contributed by atoms with E-state index < -0.39 is 0 Å². The summed E-state index contributed by atoms with van der Waals surface area (Å²) in [5.74, 6) is 0.802. The standard InChI is InChI=1S/C16H30O4S2/c17-15(9-13-21)19-11-7-5-3-1-2-4-6-8-12-20-16(18)10-14-22/h21-22H,1-14H2. The minimum absolute atomic E-state index is 0.148.